The molecule has 0 aliphatic rings. The first-order valence-corrected chi connectivity index (χ1v) is 7.90. The van der Waals surface area contributed by atoms with Crippen molar-refractivity contribution in [3.63, 3.8) is 0 Å². The first kappa shape index (κ1) is 16.6. The first-order chi connectivity index (χ1) is 12.1. The number of aryl methyl sites for hydroxylation is 2. The molecule has 2 heterocycles. The summed E-state index contributed by atoms with van der Waals surface area (Å²) in [6, 6.07) is 11.1. The van der Waals surface area contributed by atoms with Crippen molar-refractivity contribution >= 4 is 5.91 Å². The van der Waals surface area contributed by atoms with E-state index in [1.807, 2.05) is 38.1 Å². The van der Waals surface area contributed by atoms with Gasteiger partial charge in [0.05, 0.1) is 12.7 Å². The third-order valence-corrected chi connectivity index (χ3v) is 3.53. The Labute approximate surface area is 145 Å². The summed E-state index contributed by atoms with van der Waals surface area (Å²) >= 11 is 0. The number of nitrogens with zero attached hydrogens (tertiary/aromatic N) is 3. The fraction of sp³-hybridized carbons (Fsp3) is 0.222. The summed E-state index contributed by atoms with van der Waals surface area (Å²) in [4.78, 5) is 20.6. The van der Waals surface area contributed by atoms with E-state index >= 15 is 0 Å². The largest absolute Gasteiger partial charge is 0.487 e. The minimum Gasteiger partial charge on any atom is -0.487 e. The zero-order chi connectivity index (χ0) is 17.6. The number of rotatable bonds is 6. The van der Waals surface area contributed by atoms with E-state index in [1.165, 1.54) is 0 Å². The zero-order valence-electron chi connectivity index (χ0n) is 14.1. The number of H-pyrrole nitrogens is 1. The van der Waals surface area contributed by atoms with Gasteiger partial charge in [-0.1, -0.05) is 12.1 Å². The maximum Gasteiger partial charge on any atom is 0.251 e. The summed E-state index contributed by atoms with van der Waals surface area (Å²) in [5, 5.41) is 9.54. The molecule has 3 rings (SSSR count). The van der Waals surface area contributed by atoms with Crippen LogP contribution in [0.3, 0.4) is 0 Å². The Balaban J connectivity index is 1.58. The predicted molar refractivity (Wildman–Crippen MR) is 92.0 cm³/mol. The molecule has 0 aliphatic heterocycles. The number of hydrogen-bond donors (Lipinski definition) is 2. The molecule has 2 aromatic heterocycles. The molecule has 0 unspecified atom stereocenters. The van der Waals surface area contributed by atoms with Gasteiger partial charge in [-0.05, 0) is 43.7 Å². The van der Waals surface area contributed by atoms with Crippen LogP contribution in [0.25, 0.3) is 0 Å². The molecule has 0 saturated heterocycles. The lowest BCUT2D eigenvalue weighted by Crippen LogP contribution is -2.23. The molecule has 0 atom stereocenters. The van der Waals surface area contributed by atoms with E-state index in [1.54, 1.807) is 18.3 Å². The Morgan fingerprint density at radius 3 is 2.84 bits per heavy atom. The highest BCUT2D eigenvalue weighted by atomic mass is 16.5. The van der Waals surface area contributed by atoms with Gasteiger partial charge in [-0.3, -0.25) is 14.9 Å². The molecule has 1 amide bonds. The van der Waals surface area contributed by atoms with Crippen molar-refractivity contribution in [1.82, 2.24) is 25.5 Å². The Morgan fingerprint density at radius 2 is 2.12 bits per heavy atom. The van der Waals surface area contributed by atoms with Crippen LogP contribution in [-0.4, -0.2) is 26.1 Å². The van der Waals surface area contributed by atoms with E-state index in [0.717, 1.165) is 11.3 Å². The normalized spacial score (nSPS) is 10.5. The van der Waals surface area contributed by atoms with E-state index in [2.05, 4.69) is 25.5 Å². The summed E-state index contributed by atoms with van der Waals surface area (Å²) in [5.74, 6) is 1.79. The summed E-state index contributed by atoms with van der Waals surface area (Å²) in [6.45, 7) is 4.38. The average Bonchev–Trinajstić information content (AvgIpc) is 3.05. The van der Waals surface area contributed by atoms with E-state index < -0.39 is 0 Å². The number of carbonyl (C=O) groups excluding carboxylic acids is 1. The molecule has 3 aromatic rings. The fourth-order valence-corrected chi connectivity index (χ4v) is 2.24. The van der Waals surface area contributed by atoms with Crippen LogP contribution in [-0.2, 0) is 13.2 Å². The van der Waals surface area contributed by atoms with Crippen LogP contribution >= 0.6 is 0 Å². The molecule has 0 radical (unpaired) electrons. The molecule has 0 saturated carbocycles. The van der Waals surface area contributed by atoms with Gasteiger partial charge in [0, 0.05) is 11.3 Å². The summed E-state index contributed by atoms with van der Waals surface area (Å²) in [5.41, 5.74) is 2.41. The van der Waals surface area contributed by atoms with E-state index in [4.69, 9.17) is 4.74 Å². The monoisotopic (exact) mass is 337 g/mol. The number of ether oxygens (including phenoxy) is 1. The molecule has 0 aliphatic carbocycles. The van der Waals surface area contributed by atoms with Gasteiger partial charge in [-0.25, -0.2) is 4.98 Å². The summed E-state index contributed by atoms with van der Waals surface area (Å²) in [6.07, 6.45) is 1.69. The third kappa shape index (κ3) is 4.63. The van der Waals surface area contributed by atoms with Crippen molar-refractivity contribution in [3.05, 3.63) is 71.1 Å². The van der Waals surface area contributed by atoms with Crippen LogP contribution < -0.4 is 10.1 Å². The van der Waals surface area contributed by atoms with E-state index in [0.29, 0.717) is 29.6 Å². The molecule has 0 fully saturated rings. The number of nitrogens with one attached hydrogen (secondary N) is 2. The highest BCUT2D eigenvalue weighted by molar-refractivity contribution is 5.94. The van der Waals surface area contributed by atoms with Crippen molar-refractivity contribution in [2.45, 2.75) is 27.0 Å². The number of carbonyl (C=O) groups is 1. The van der Waals surface area contributed by atoms with Crippen LogP contribution in [0, 0.1) is 13.8 Å². The highest BCUT2D eigenvalue weighted by Crippen LogP contribution is 2.13. The Bertz CT molecular complexity index is 858. The number of aromatic nitrogens is 4. The van der Waals surface area contributed by atoms with Gasteiger partial charge < -0.3 is 10.1 Å². The van der Waals surface area contributed by atoms with Gasteiger partial charge in [0.2, 0.25) is 0 Å². The Morgan fingerprint density at radius 1 is 1.24 bits per heavy atom. The Kier molecular flexibility index (Phi) is 5.03. The first-order valence-electron chi connectivity index (χ1n) is 7.90. The fourth-order valence-electron chi connectivity index (χ4n) is 2.24. The van der Waals surface area contributed by atoms with Crippen molar-refractivity contribution in [2.24, 2.45) is 0 Å². The number of amides is 1. The number of pyridine rings is 1. The molecule has 0 spiro atoms. The van der Waals surface area contributed by atoms with Gasteiger partial charge in [0.15, 0.2) is 5.82 Å². The van der Waals surface area contributed by atoms with Gasteiger partial charge in [-0.2, -0.15) is 5.10 Å². The second-order valence-electron chi connectivity index (χ2n) is 5.64. The van der Waals surface area contributed by atoms with Gasteiger partial charge in [-0.15, -0.1) is 0 Å². The maximum atomic E-state index is 12.3. The Hall–Kier alpha value is -3.22. The standard InChI is InChI=1S/C18H19N5O2/c1-12-6-7-16(9-19-12)25-11-14-4-3-5-15(8-14)18(24)20-10-17-21-13(2)22-23-17/h3-9H,10-11H2,1-2H3,(H,20,24)(H,21,22,23). The quantitative estimate of drug-likeness (QED) is 0.720. The minimum atomic E-state index is -0.179. The second-order valence-corrected chi connectivity index (χ2v) is 5.64. The minimum absolute atomic E-state index is 0.179. The molecular weight excluding hydrogens is 318 g/mol. The molecule has 25 heavy (non-hydrogen) atoms. The second kappa shape index (κ2) is 7.57. The SMILES string of the molecule is Cc1ccc(OCc2cccc(C(=O)NCc3n[nH]c(C)n3)c2)cn1. The molecule has 7 nitrogen and oxygen atoms in total. The summed E-state index contributed by atoms with van der Waals surface area (Å²) in [7, 11) is 0. The number of aromatic amines is 1. The highest BCUT2D eigenvalue weighted by Gasteiger charge is 2.08. The van der Waals surface area contributed by atoms with Crippen molar-refractivity contribution < 1.29 is 9.53 Å². The van der Waals surface area contributed by atoms with Crippen molar-refractivity contribution in [3.8, 4) is 5.75 Å². The molecule has 128 valence electrons. The zero-order valence-corrected chi connectivity index (χ0v) is 14.1. The van der Waals surface area contributed by atoms with E-state index in [9.17, 15) is 4.79 Å². The topological polar surface area (TPSA) is 92.8 Å². The van der Waals surface area contributed by atoms with Gasteiger partial charge >= 0.3 is 0 Å². The maximum absolute atomic E-state index is 12.3. The lowest BCUT2D eigenvalue weighted by molar-refractivity contribution is 0.0949. The predicted octanol–water partition coefficient (Wildman–Crippen LogP) is 2.33. The molecule has 0 bridgehead atoms. The van der Waals surface area contributed by atoms with Crippen LogP contribution in [0.4, 0.5) is 0 Å². The molecular formula is C18H19N5O2. The molecule has 2 N–H and O–H groups in total. The number of hydrogen-bond acceptors (Lipinski definition) is 5. The van der Waals surface area contributed by atoms with Crippen LogP contribution in [0.5, 0.6) is 5.75 Å². The lowest BCUT2D eigenvalue weighted by Gasteiger charge is -2.08. The van der Waals surface area contributed by atoms with Crippen molar-refractivity contribution in [1.29, 1.82) is 0 Å². The number of benzene rings is 1. The van der Waals surface area contributed by atoms with Crippen LogP contribution in [0.1, 0.15) is 33.3 Å². The lowest BCUT2D eigenvalue weighted by atomic mass is 10.1. The van der Waals surface area contributed by atoms with E-state index in [-0.39, 0.29) is 12.5 Å². The molecule has 7 heteroatoms. The third-order valence-electron chi connectivity index (χ3n) is 3.53. The van der Waals surface area contributed by atoms with Gasteiger partial charge in [0.1, 0.15) is 18.2 Å². The van der Waals surface area contributed by atoms with Crippen molar-refractivity contribution in [2.75, 3.05) is 0 Å². The molecule has 1 aromatic carbocycles. The summed E-state index contributed by atoms with van der Waals surface area (Å²) < 4.78 is 5.70. The van der Waals surface area contributed by atoms with Gasteiger partial charge in [0.25, 0.3) is 5.91 Å². The van der Waals surface area contributed by atoms with Crippen LogP contribution in [0.15, 0.2) is 42.6 Å². The smallest absolute Gasteiger partial charge is 0.251 e. The van der Waals surface area contributed by atoms with Crippen LogP contribution in [0.2, 0.25) is 0 Å². The average molecular weight is 337 g/mol.